The van der Waals surface area contributed by atoms with Gasteiger partial charge in [0.25, 0.3) is 5.91 Å². The summed E-state index contributed by atoms with van der Waals surface area (Å²) in [5, 5.41) is 3.57. The van der Waals surface area contributed by atoms with Gasteiger partial charge in [-0.25, -0.2) is 9.97 Å². The fourth-order valence-electron chi connectivity index (χ4n) is 3.71. The fraction of sp³-hybridized carbons (Fsp3) is 0.737. The maximum atomic E-state index is 12.8. The summed E-state index contributed by atoms with van der Waals surface area (Å²) in [6.45, 7) is 4.27. The Balaban J connectivity index is 1.51. The summed E-state index contributed by atoms with van der Waals surface area (Å²) in [7, 11) is 0. The van der Waals surface area contributed by atoms with Gasteiger partial charge < -0.3 is 15.0 Å². The Morgan fingerprint density at radius 1 is 1.20 bits per heavy atom. The lowest BCUT2D eigenvalue weighted by atomic mass is 10.1. The number of rotatable bonds is 4. The molecule has 1 N–H and O–H groups in total. The molecule has 1 aliphatic carbocycles. The highest BCUT2D eigenvalue weighted by Gasteiger charge is 2.30. The molecule has 0 radical (unpaired) electrons. The SMILES string of the molecule is CCc1nc2c(c(NC3CC3)n1)CCN(C(=O)[C@H]1CCCCO1)CC2. The molecule has 1 saturated carbocycles. The molecular weight excluding hydrogens is 316 g/mol. The molecule has 136 valence electrons. The van der Waals surface area contributed by atoms with Crippen molar-refractivity contribution in [3.05, 3.63) is 17.1 Å². The molecule has 0 unspecified atom stereocenters. The second-order valence-corrected chi connectivity index (χ2v) is 7.37. The largest absolute Gasteiger partial charge is 0.368 e. The van der Waals surface area contributed by atoms with Crippen LogP contribution in [0.4, 0.5) is 5.82 Å². The van der Waals surface area contributed by atoms with Crippen LogP contribution in [-0.4, -0.2) is 52.6 Å². The van der Waals surface area contributed by atoms with Gasteiger partial charge in [-0.05, 0) is 38.5 Å². The molecule has 1 saturated heterocycles. The van der Waals surface area contributed by atoms with Crippen LogP contribution in [0, 0.1) is 0 Å². The highest BCUT2D eigenvalue weighted by Crippen LogP contribution is 2.29. The maximum absolute atomic E-state index is 12.8. The lowest BCUT2D eigenvalue weighted by Crippen LogP contribution is -2.43. The number of fused-ring (bicyclic) bond motifs is 1. The van der Waals surface area contributed by atoms with E-state index in [1.807, 2.05) is 4.90 Å². The van der Waals surface area contributed by atoms with E-state index in [1.165, 1.54) is 18.4 Å². The number of hydrogen-bond donors (Lipinski definition) is 1. The number of aryl methyl sites for hydroxylation is 1. The van der Waals surface area contributed by atoms with Crippen LogP contribution in [-0.2, 0) is 28.8 Å². The van der Waals surface area contributed by atoms with Crippen LogP contribution < -0.4 is 5.32 Å². The van der Waals surface area contributed by atoms with Crippen molar-refractivity contribution in [2.24, 2.45) is 0 Å². The molecule has 2 fully saturated rings. The van der Waals surface area contributed by atoms with Crippen LogP contribution in [0.2, 0.25) is 0 Å². The van der Waals surface area contributed by atoms with Crippen LogP contribution in [0.15, 0.2) is 0 Å². The number of ether oxygens (including phenoxy) is 1. The summed E-state index contributed by atoms with van der Waals surface area (Å²) in [4.78, 5) is 24.3. The van der Waals surface area contributed by atoms with Gasteiger partial charge in [0.05, 0.1) is 5.69 Å². The molecule has 6 nitrogen and oxygen atoms in total. The van der Waals surface area contributed by atoms with Crippen LogP contribution in [0.25, 0.3) is 0 Å². The third-order valence-electron chi connectivity index (χ3n) is 5.39. The first-order valence-electron chi connectivity index (χ1n) is 9.80. The number of nitrogens with one attached hydrogen (secondary N) is 1. The average Bonchev–Trinajstić information content (AvgIpc) is 3.48. The van der Waals surface area contributed by atoms with Gasteiger partial charge in [-0.2, -0.15) is 0 Å². The van der Waals surface area contributed by atoms with E-state index in [2.05, 4.69) is 12.2 Å². The van der Waals surface area contributed by atoms with Crippen molar-refractivity contribution in [2.75, 3.05) is 25.0 Å². The van der Waals surface area contributed by atoms with Crippen molar-refractivity contribution >= 4 is 11.7 Å². The molecule has 3 aliphatic rings. The third kappa shape index (κ3) is 3.78. The summed E-state index contributed by atoms with van der Waals surface area (Å²) < 4.78 is 5.70. The highest BCUT2D eigenvalue weighted by atomic mass is 16.5. The lowest BCUT2D eigenvalue weighted by Gasteiger charge is -2.28. The quantitative estimate of drug-likeness (QED) is 0.906. The lowest BCUT2D eigenvalue weighted by molar-refractivity contribution is -0.146. The monoisotopic (exact) mass is 344 g/mol. The van der Waals surface area contributed by atoms with Gasteiger partial charge in [-0.15, -0.1) is 0 Å². The number of carbonyl (C=O) groups is 1. The Kier molecular flexibility index (Phi) is 4.88. The van der Waals surface area contributed by atoms with Gasteiger partial charge in [0.15, 0.2) is 0 Å². The van der Waals surface area contributed by atoms with Crippen LogP contribution >= 0.6 is 0 Å². The first-order valence-corrected chi connectivity index (χ1v) is 9.80. The van der Waals surface area contributed by atoms with Crippen molar-refractivity contribution in [3.8, 4) is 0 Å². The minimum absolute atomic E-state index is 0.160. The topological polar surface area (TPSA) is 67.4 Å². The van der Waals surface area contributed by atoms with E-state index in [1.54, 1.807) is 0 Å². The van der Waals surface area contributed by atoms with Crippen LogP contribution in [0.5, 0.6) is 0 Å². The normalized spacial score (nSPS) is 23.7. The zero-order valence-corrected chi connectivity index (χ0v) is 15.1. The van der Waals surface area contributed by atoms with Gasteiger partial charge in [0.1, 0.15) is 17.7 Å². The highest BCUT2D eigenvalue weighted by molar-refractivity contribution is 5.81. The smallest absolute Gasteiger partial charge is 0.251 e. The van der Waals surface area contributed by atoms with E-state index in [-0.39, 0.29) is 12.0 Å². The van der Waals surface area contributed by atoms with E-state index in [4.69, 9.17) is 14.7 Å². The maximum Gasteiger partial charge on any atom is 0.251 e. The second kappa shape index (κ2) is 7.28. The van der Waals surface area contributed by atoms with E-state index < -0.39 is 0 Å². The molecule has 3 heterocycles. The average molecular weight is 344 g/mol. The molecule has 6 heteroatoms. The molecule has 2 aliphatic heterocycles. The number of anilines is 1. The summed E-state index contributed by atoms with van der Waals surface area (Å²) in [5.41, 5.74) is 2.33. The predicted octanol–water partition coefficient (Wildman–Crippen LogP) is 2.11. The van der Waals surface area contributed by atoms with Gasteiger partial charge in [0.2, 0.25) is 0 Å². The summed E-state index contributed by atoms with van der Waals surface area (Å²) in [6.07, 6.45) is 7.70. The van der Waals surface area contributed by atoms with Gasteiger partial charge >= 0.3 is 0 Å². The Hall–Kier alpha value is -1.69. The van der Waals surface area contributed by atoms with E-state index in [0.29, 0.717) is 12.6 Å². The first kappa shape index (κ1) is 16.8. The van der Waals surface area contributed by atoms with Crippen molar-refractivity contribution in [2.45, 2.75) is 70.4 Å². The minimum atomic E-state index is -0.240. The molecule has 1 aromatic heterocycles. The van der Waals surface area contributed by atoms with Gasteiger partial charge in [0, 0.05) is 44.1 Å². The number of carbonyl (C=O) groups excluding carboxylic acids is 1. The van der Waals surface area contributed by atoms with Gasteiger partial charge in [-0.1, -0.05) is 6.92 Å². The zero-order valence-electron chi connectivity index (χ0n) is 15.1. The van der Waals surface area contributed by atoms with Crippen molar-refractivity contribution in [3.63, 3.8) is 0 Å². The molecule has 0 aromatic carbocycles. The minimum Gasteiger partial charge on any atom is -0.368 e. The molecule has 0 bridgehead atoms. The molecule has 1 amide bonds. The summed E-state index contributed by atoms with van der Waals surface area (Å²) in [6, 6.07) is 0.570. The Bertz CT molecular complexity index is 639. The number of nitrogens with zero attached hydrogens (tertiary/aromatic N) is 3. The van der Waals surface area contributed by atoms with E-state index in [9.17, 15) is 4.79 Å². The standard InChI is InChI=1S/C19H28N4O2/c1-2-17-21-15-9-11-23(19(24)16-5-3-4-12-25-16)10-8-14(15)18(22-17)20-13-6-7-13/h13,16H,2-12H2,1H3,(H,20,21,22)/t16-/m1/s1. The zero-order chi connectivity index (χ0) is 17.2. The molecule has 1 aromatic rings. The van der Waals surface area contributed by atoms with E-state index >= 15 is 0 Å². The van der Waals surface area contributed by atoms with Crippen molar-refractivity contribution in [1.29, 1.82) is 0 Å². The fourth-order valence-corrected chi connectivity index (χ4v) is 3.71. The molecule has 1 atom stereocenters. The molecule has 25 heavy (non-hydrogen) atoms. The van der Waals surface area contributed by atoms with Crippen LogP contribution in [0.3, 0.4) is 0 Å². The summed E-state index contributed by atoms with van der Waals surface area (Å²) in [5.74, 6) is 2.07. The Morgan fingerprint density at radius 2 is 2.04 bits per heavy atom. The second-order valence-electron chi connectivity index (χ2n) is 7.37. The van der Waals surface area contributed by atoms with Crippen LogP contribution in [0.1, 0.15) is 56.1 Å². The van der Waals surface area contributed by atoms with Crippen molar-refractivity contribution < 1.29 is 9.53 Å². The number of aromatic nitrogens is 2. The predicted molar refractivity (Wildman–Crippen MR) is 95.6 cm³/mol. The molecule has 4 rings (SSSR count). The Morgan fingerprint density at radius 3 is 2.76 bits per heavy atom. The molecule has 0 spiro atoms. The third-order valence-corrected chi connectivity index (χ3v) is 5.39. The number of hydrogen-bond acceptors (Lipinski definition) is 5. The number of amides is 1. The summed E-state index contributed by atoms with van der Waals surface area (Å²) >= 11 is 0. The molecular formula is C19H28N4O2. The van der Waals surface area contributed by atoms with Gasteiger partial charge in [-0.3, -0.25) is 4.79 Å². The van der Waals surface area contributed by atoms with Crippen molar-refractivity contribution in [1.82, 2.24) is 14.9 Å². The van der Waals surface area contributed by atoms with E-state index in [0.717, 1.165) is 69.0 Å². The first-order chi connectivity index (χ1) is 12.2. The Labute approximate surface area is 149 Å².